The Morgan fingerprint density at radius 1 is 1.04 bits per heavy atom. The first-order valence-electron chi connectivity index (χ1n) is 16.3. The van der Waals surface area contributed by atoms with E-state index in [1.165, 1.54) is 7.11 Å². The molecule has 3 N–H and O–H groups in total. The zero-order valence-electron chi connectivity index (χ0n) is 28.6. The van der Waals surface area contributed by atoms with Crippen molar-refractivity contribution in [3.63, 3.8) is 0 Å². The number of hydrogen-bond donors (Lipinski definition) is 3. The van der Waals surface area contributed by atoms with Crippen LogP contribution in [0.5, 0.6) is 11.6 Å². The molecule has 0 saturated heterocycles. The van der Waals surface area contributed by atoms with Gasteiger partial charge in [0.05, 0.1) is 43.2 Å². The number of aryl methyl sites for hydroxylation is 1. The van der Waals surface area contributed by atoms with Gasteiger partial charge in [-0.05, 0) is 88.9 Å². The summed E-state index contributed by atoms with van der Waals surface area (Å²) in [6.45, 7) is 3.88. The van der Waals surface area contributed by atoms with E-state index in [4.69, 9.17) is 13.8 Å². The fraction of sp³-hybridized carbons (Fsp3) is 0.471. The summed E-state index contributed by atoms with van der Waals surface area (Å²) < 4.78 is 73.7. The topological polar surface area (TPSA) is 123 Å². The summed E-state index contributed by atoms with van der Waals surface area (Å²) in [5.74, 6) is -0.0919. The molecular weight excluding hydrogens is 660 g/mol. The average Bonchev–Trinajstić information content (AvgIpc) is 3.35. The number of aromatic nitrogens is 3. The monoisotopic (exact) mass is 704 g/mol. The van der Waals surface area contributed by atoms with Crippen LogP contribution in [0.25, 0.3) is 10.8 Å². The maximum atomic E-state index is 14.2. The Balaban J connectivity index is 1.46. The van der Waals surface area contributed by atoms with Crippen LogP contribution in [0.15, 0.2) is 42.7 Å². The van der Waals surface area contributed by atoms with Gasteiger partial charge >= 0.3 is 13.8 Å². The van der Waals surface area contributed by atoms with Gasteiger partial charge in [0, 0.05) is 30.9 Å². The van der Waals surface area contributed by atoms with Gasteiger partial charge in [0.1, 0.15) is 17.1 Å². The lowest BCUT2D eigenvalue weighted by Gasteiger charge is -2.33. The molecule has 0 spiro atoms. The molecule has 0 amide bonds. The van der Waals surface area contributed by atoms with Crippen molar-refractivity contribution in [1.29, 1.82) is 0 Å². The van der Waals surface area contributed by atoms with Crippen molar-refractivity contribution in [2.24, 2.45) is 7.05 Å². The number of fused-ring (bicyclic) bond motifs is 1. The maximum absolute atomic E-state index is 14.2. The highest BCUT2D eigenvalue weighted by Crippen LogP contribution is 2.52. The number of methoxy groups -OCH3 is 1. The van der Waals surface area contributed by atoms with E-state index in [0.29, 0.717) is 34.6 Å². The van der Waals surface area contributed by atoms with Gasteiger partial charge in [0.15, 0.2) is 0 Å². The van der Waals surface area contributed by atoms with Crippen LogP contribution in [0.1, 0.15) is 62.1 Å². The van der Waals surface area contributed by atoms with Gasteiger partial charge in [-0.2, -0.15) is 18.2 Å². The summed E-state index contributed by atoms with van der Waals surface area (Å²) in [5.41, 5.74) is 1.26. The van der Waals surface area contributed by atoms with Crippen LogP contribution in [0.2, 0.25) is 0 Å². The molecule has 0 aliphatic heterocycles. The third-order valence-electron chi connectivity index (χ3n) is 8.91. The normalized spacial score (nSPS) is 17.1. The lowest BCUT2D eigenvalue weighted by molar-refractivity contribution is -0.137. The Hall–Kier alpha value is -3.84. The SMILES string of the molecule is CCOP(=O)(Cc1ccc(Nc2ncc(C(F)(F)F)c(Nc3ccc(C4CCC(N(C)C)CC4)c4cn(C)c(O)c34)n2)c(OC)c1)OCC. The van der Waals surface area contributed by atoms with Crippen LogP contribution < -0.4 is 15.4 Å². The minimum atomic E-state index is -4.77. The summed E-state index contributed by atoms with van der Waals surface area (Å²) >= 11 is 0. The van der Waals surface area contributed by atoms with Gasteiger partial charge in [-0.25, -0.2) is 4.98 Å². The summed E-state index contributed by atoms with van der Waals surface area (Å²) in [7, 11) is 3.92. The number of aromatic hydroxyl groups is 1. The summed E-state index contributed by atoms with van der Waals surface area (Å²) in [6.07, 6.45) is 1.80. The second kappa shape index (κ2) is 15.0. The van der Waals surface area contributed by atoms with Crippen LogP contribution in [0.4, 0.5) is 36.3 Å². The van der Waals surface area contributed by atoms with E-state index >= 15 is 0 Å². The fourth-order valence-electron chi connectivity index (χ4n) is 6.49. The van der Waals surface area contributed by atoms with E-state index in [0.717, 1.165) is 36.6 Å². The quantitative estimate of drug-likeness (QED) is 0.117. The van der Waals surface area contributed by atoms with Crippen molar-refractivity contribution in [3.8, 4) is 11.6 Å². The summed E-state index contributed by atoms with van der Waals surface area (Å²) in [4.78, 5) is 10.4. The molecule has 0 bridgehead atoms. The van der Waals surface area contributed by atoms with Gasteiger partial charge in [-0.3, -0.25) is 4.57 Å². The van der Waals surface area contributed by atoms with Crippen molar-refractivity contribution >= 4 is 41.5 Å². The summed E-state index contributed by atoms with van der Waals surface area (Å²) in [6, 6.07) is 9.09. The number of rotatable bonds is 13. The minimum Gasteiger partial charge on any atom is -0.495 e. The van der Waals surface area contributed by atoms with Crippen LogP contribution in [-0.4, -0.2) is 65.0 Å². The number of hydrogen-bond acceptors (Lipinski definition) is 10. The molecule has 2 aromatic heterocycles. The molecule has 0 radical (unpaired) electrons. The number of halogens is 3. The molecule has 1 aliphatic carbocycles. The third kappa shape index (κ3) is 8.15. The van der Waals surface area contributed by atoms with E-state index < -0.39 is 25.2 Å². The number of benzene rings is 2. The Bertz CT molecular complexity index is 1810. The van der Waals surface area contributed by atoms with E-state index in [9.17, 15) is 22.8 Å². The molecular formula is C34H44F3N6O5P. The molecule has 0 atom stereocenters. The van der Waals surface area contributed by atoms with Crippen LogP contribution >= 0.6 is 7.60 Å². The first kappa shape index (κ1) is 36.4. The molecule has 49 heavy (non-hydrogen) atoms. The van der Waals surface area contributed by atoms with Crippen molar-refractivity contribution in [2.45, 2.75) is 63.8 Å². The second-order valence-electron chi connectivity index (χ2n) is 12.4. The lowest BCUT2D eigenvalue weighted by Crippen LogP contribution is -2.31. The van der Waals surface area contributed by atoms with Gasteiger partial charge < -0.3 is 39.0 Å². The van der Waals surface area contributed by atoms with Gasteiger partial charge in [0.25, 0.3) is 0 Å². The molecule has 266 valence electrons. The lowest BCUT2D eigenvalue weighted by atomic mass is 9.80. The molecule has 1 saturated carbocycles. The predicted octanol–water partition coefficient (Wildman–Crippen LogP) is 8.54. The first-order chi connectivity index (χ1) is 23.3. The van der Waals surface area contributed by atoms with Crippen LogP contribution in [0.3, 0.4) is 0 Å². The van der Waals surface area contributed by atoms with E-state index in [1.807, 2.05) is 12.3 Å². The summed E-state index contributed by atoms with van der Waals surface area (Å²) in [5, 5.41) is 18.1. The largest absolute Gasteiger partial charge is 0.495 e. The highest BCUT2D eigenvalue weighted by atomic mass is 31.2. The molecule has 15 heteroatoms. The van der Waals surface area contributed by atoms with Crippen LogP contribution in [0, 0.1) is 0 Å². The predicted molar refractivity (Wildman–Crippen MR) is 184 cm³/mol. The van der Waals surface area contributed by atoms with Gasteiger partial charge in [-0.1, -0.05) is 12.1 Å². The third-order valence-corrected chi connectivity index (χ3v) is 11.0. The maximum Gasteiger partial charge on any atom is 0.421 e. The Kier molecular flexibility index (Phi) is 11.1. The Morgan fingerprint density at radius 2 is 1.71 bits per heavy atom. The molecule has 0 unspecified atom stereocenters. The van der Waals surface area contributed by atoms with Gasteiger partial charge in [-0.15, -0.1) is 0 Å². The van der Waals surface area contributed by atoms with Crippen molar-refractivity contribution < 1.29 is 36.6 Å². The minimum absolute atomic E-state index is 0.00705. The number of alkyl halides is 3. The Labute approximate surface area is 284 Å². The van der Waals surface area contributed by atoms with Crippen LogP contribution in [-0.2, 0) is 33.0 Å². The zero-order valence-corrected chi connectivity index (χ0v) is 29.5. The zero-order chi connectivity index (χ0) is 35.5. The van der Waals surface area contributed by atoms with Crippen molar-refractivity contribution in [3.05, 3.63) is 59.4 Å². The van der Waals surface area contributed by atoms with Crippen molar-refractivity contribution in [1.82, 2.24) is 19.4 Å². The molecule has 2 aromatic carbocycles. The highest BCUT2D eigenvalue weighted by Gasteiger charge is 2.36. The number of ether oxygens (including phenoxy) is 1. The van der Waals surface area contributed by atoms with Crippen molar-refractivity contribution in [2.75, 3.05) is 45.1 Å². The molecule has 2 heterocycles. The van der Waals surface area contributed by atoms with E-state index in [1.54, 1.807) is 49.7 Å². The molecule has 1 aliphatic rings. The Morgan fingerprint density at radius 3 is 2.33 bits per heavy atom. The number of nitrogens with zero attached hydrogens (tertiary/aromatic N) is 4. The first-order valence-corrected chi connectivity index (χ1v) is 18.0. The number of anilines is 4. The smallest absolute Gasteiger partial charge is 0.421 e. The molecule has 5 rings (SSSR count). The highest BCUT2D eigenvalue weighted by molar-refractivity contribution is 7.53. The molecule has 4 aromatic rings. The fourth-order valence-corrected chi connectivity index (χ4v) is 8.17. The second-order valence-corrected chi connectivity index (χ2v) is 14.4. The molecule has 11 nitrogen and oxygen atoms in total. The standard InChI is InChI=1S/C34H44F3N6O5P/c1-7-47-49(45,48-8-2)20-21-9-15-27(29(17-21)46-6)40-33-38-18-26(34(35,36)37)31(41-33)39-28-16-14-24(25-19-43(5)32(44)30(25)28)22-10-12-23(13-11-22)42(3)4/h9,14-19,22-23,44H,7-8,10-13,20H2,1-6H3,(H2,38,39,40,41). The van der Waals surface area contributed by atoms with E-state index in [-0.39, 0.29) is 42.8 Å². The number of nitrogens with one attached hydrogen (secondary N) is 2. The average molecular weight is 705 g/mol. The molecule has 1 fully saturated rings. The van der Waals surface area contributed by atoms with E-state index in [2.05, 4.69) is 39.6 Å². The van der Waals surface area contributed by atoms with Gasteiger partial charge in [0.2, 0.25) is 11.8 Å².